The van der Waals surface area contributed by atoms with Crippen LogP contribution in [0, 0.1) is 0 Å². The minimum atomic E-state index is -0.557. The molecule has 0 aliphatic carbocycles. The van der Waals surface area contributed by atoms with Crippen LogP contribution >= 0.6 is 23.4 Å². The SMILES string of the molecule is COc1ccc(-n2c(S[C@@H](C)C(=O)Nc3cccc(Cl)c3)nc3ccccc3c2=O)cc1OC. The van der Waals surface area contributed by atoms with Crippen molar-refractivity contribution < 1.29 is 14.3 Å². The molecule has 0 aliphatic heterocycles. The number of nitrogens with zero attached hydrogens (tertiary/aromatic N) is 2. The molecular weight excluding hydrogens is 474 g/mol. The third-order valence-corrected chi connectivity index (χ3v) is 6.40. The van der Waals surface area contributed by atoms with Gasteiger partial charge in [0.25, 0.3) is 5.56 Å². The number of hydrogen-bond acceptors (Lipinski definition) is 6. The largest absolute Gasteiger partial charge is 0.493 e. The fourth-order valence-electron chi connectivity index (χ4n) is 3.40. The monoisotopic (exact) mass is 495 g/mol. The Balaban J connectivity index is 1.76. The molecule has 1 heterocycles. The number of amides is 1. The Morgan fingerprint density at radius 1 is 1.03 bits per heavy atom. The number of aromatic nitrogens is 2. The van der Waals surface area contributed by atoms with Crippen LogP contribution in [0.5, 0.6) is 11.5 Å². The molecule has 3 aromatic carbocycles. The fourth-order valence-corrected chi connectivity index (χ4v) is 4.52. The van der Waals surface area contributed by atoms with Gasteiger partial charge in [-0.05, 0) is 49.4 Å². The molecule has 1 atom stereocenters. The summed E-state index contributed by atoms with van der Waals surface area (Å²) in [6.07, 6.45) is 0. The molecule has 1 amide bonds. The zero-order valence-electron chi connectivity index (χ0n) is 18.7. The number of hydrogen-bond donors (Lipinski definition) is 1. The van der Waals surface area contributed by atoms with Crippen molar-refractivity contribution in [3.63, 3.8) is 0 Å². The Morgan fingerprint density at radius 3 is 2.53 bits per heavy atom. The summed E-state index contributed by atoms with van der Waals surface area (Å²) >= 11 is 7.21. The molecule has 0 unspecified atom stereocenters. The van der Waals surface area contributed by atoms with Crippen molar-refractivity contribution in [3.05, 3.63) is 82.1 Å². The molecule has 1 aromatic heterocycles. The maximum Gasteiger partial charge on any atom is 0.266 e. The molecule has 0 spiro atoms. The number of carbonyl (C=O) groups is 1. The lowest BCUT2D eigenvalue weighted by Gasteiger charge is -2.17. The molecule has 0 aliphatic rings. The molecule has 9 heteroatoms. The van der Waals surface area contributed by atoms with E-state index in [-0.39, 0.29) is 11.5 Å². The first-order valence-corrected chi connectivity index (χ1v) is 11.6. The minimum absolute atomic E-state index is 0.242. The van der Waals surface area contributed by atoms with Crippen LogP contribution in [0.3, 0.4) is 0 Å². The molecule has 0 saturated heterocycles. The van der Waals surface area contributed by atoms with Gasteiger partial charge in [-0.1, -0.05) is 41.6 Å². The lowest BCUT2D eigenvalue weighted by atomic mass is 10.2. The highest BCUT2D eigenvalue weighted by Crippen LogP contribution is 2.31. The third kappa shape index (κ3) is 4.88. The first kappa shape index (κ1) is 23.7. The van der Waals surface area contributed by atoms with E-state index in [1.807, 2.05) is 6.07 Å². The number of anilines is 1. The second-order valence-corrected chi connectivity index (χ2v) is 9.10. The molecule has 34 heavy (non-hydrogen) atoms. The van der Waals surface area contributed by atoms with Gasteiger partial charge < -0.3 is 14.8 Å². The highest BCUT2D eigenvalue weighted by atomic mass is 35.5. The maximum absolute atomic E-state index is 13.5. The summed E-state index contributed by atoms with van der Waals surface area (Å²) in [6, 6.07) is 19.2. The van der Waals surface area contributed by atoms with Gasteiger partial charge in [0, 0.05) is 16.8 Å². The van der Waals surface area contributed by atoms with Gasteiger partial charge >= 0.3 is 0 Å². The van der Waals surface area contributed by atoms with Gasteiger partial charge in [0.15, 0.2) is 16.7 Å². The number of para-hydroxylation sites is 1. The predicted molar refractivity (Wildman–Crippen MR) is 136 cm³/mol. The maximum atomic E-state index is 13.5. The van der Waals surface area contributed by atoms with Crippen LogP contribution < -0.4 is 20.3 Å². The van der Waals surface area contributed by atoms with Crippen LogP contribution in [-0.4, -0.2) is 34.9 Å². The Bertz CT molecular complexity index is 1420. The molecule has 174 valence electrons. The van der Waals surface area contributed by atoms with E-state index in [4.69, 9.17) is 26.1 Å². The number of benzene rings is 3. The quantitative estimate of drug-likeness (QED) is 0.281. The molecule has 0 fully saturated rings. The van der Waals surface area contributed by atoms with E-state index < -0.39 is 5.25 Å². The zero-order valence-corrected chi connectivity index (χ0v) is 20.3. The number of halogens is 1. The van der Waals surface area contributed by atoms with Crippen molar-refractivity contribution in [2.45, 2.75) is 17.3 Å². The van der Waals surface area contributed by atoms with Crippen molar-refractivity contribution in [1.29, 1.82) is 0 Å². The van der Waals surface area contributed by atoms with Crippen molar-refractivity contribution >= 4 is 45.9 Å². The van der Waals surface area contributed by atoms with Crippen molar-refractivity contribution in [3.8, 4) is 17.2 Å². The fraction of sp³-hybridized carbons (Fsp3) is 0.160. The van der Waals surface area contributed by atoms with E-state index in [9.17, 15) is 9.59 Å². The average Bonchev–Trinajstić information content (AvgIpc) is 2.84. The molecule has 4 rings (SSSR count). The van der Waals surface area contributed by atoms with E-state index in [0.29, 0.717) is 44.0 Å². The zero-order chi connectivity index (χ0) is 24.2. The Labute approximate surface area is 205 Å². The van der Waals surface area contributed by atoms with Gasteiger partial charge in [0.1, 0.15) is 0 Å². The van der Waals surface area contributed by atoms with Gasteiger partial charge in [-0.15, -0.1) is 0 Å². The van der Waals surface area contributed by atoms with Crippen LogP contribution in [0.1, 0.15) is 6.92 Å². The molecule has 4 aromatic rings. The number of ether oxygens (including phenoxy) is 2. The molecule has 0 bridgehead atoms. The molecule has 7 nitrogen and oxygen atoms in total. The molecule has 0 radical (unpaired) electrons. The van der Waals surface area contributed by atoms with Gasteiger partial charge in [-0.3, -0.25) is 14.2 Å². The lowest BCUT2D eigenvalue weighted by Crippen LogP contribution is -2.26. The first-order valence-electron chi connectivity index (χ1n) is 10.4. The Hall–Kier alpha value is -3.49. The van der Waals surface area contributed by atoms with Crippen molar-refractivity contribution in [2.24, 2.45) is 0 Å². The lowest BCUT2D eigenvalue weighted by molar-refractivity contribution is -0.115. The summed E-state index contributed by atoms with van der Waals surface area (Å²) in [5.74, 6) is 0.771. The van der Waals surface area contributed by atoms with E-state index in [0.717, 1.165) is 0 Å². The van der Waals surface area contributed by atoms with E-state index in [1.165, 1.54) is 23.4 Å². The summed E-state index contributed by atoms with van der Waals surface area (Å²) in [5.41, 5.74) is 1.44. The van der Waals surface area contributed by atoms with E-state index in [2.05, 4.69) is 5.32 Å². The first-order chi connectivity index (χ1) is 16.4. The summed E-state index contributed by atoms with van der Waals surface area (Å²) in [7, 11) is 3.07. The summed E-state index contributed by atoms with van der Waals surface area (Å²) < 4.78 is 12.2. The smallest absolute Gasteiger partial charge is 0.266 e. The standard InChI is InChI=1S/C25H22ClN3O4S/c1-15(23(30)27-17-8-6-7-16(26)13-17)34-25-28-20-10-5-4-9-19(20)24(31)29(25)18-11-12-21(32-2)22(14-18)33-3/h4-15H,1-3H3,(H,27,30)/t15-/m0/s1. The number of nitrogens with one attached hydrogen (secondary N) is 1. The Kier molecular flexibility index (Phi) is 7.09. The number of methoxy groups -OCH3 is 2. The number of fused-ring (bicyclic) bond motifs is 1. The number of carbonyl (C=O) groups excluding carboxylic acids is 1. The van der Waals surface area contributed by atoms with E-state index >= 15 is 0 Å². The molecule has 1 N–H and O–H groups in total. The van der Waals surface area contributed by atoms with Gasteiger partial charge in [-0.2, -0.15) is 0 Å². The molecular formula is C25H22ClN3O4S. The highest BCUT2D eigenvalue weighted by molar-refractivity contribution is 8.00. The van der Waals surface area contributed by atoms with Gasteiger partial charge in [0.2, 0.25) is 5.91 Å². The van der Waals surface area contributed by atoms with Gasteiger partial charge in [0.05, 0.1) is 36.1 Å². The number of rotatable bonds is 7. The van der Waals surface area contributed by atoms with E-state index in [1.54, 1.807) is 74.7 Å². The van der Waals surface area contributed by atoms with Crippen molar-refractivity contribution in [1.82, 2.24) is 9.55 Å². The van der Waals surface area contributed by atoms with Crippen molar-refractivity contribution in [2.75, 3.05) is 19.5 Å². The molecule has 0 saturated carbocycles. The second-order valence-electron chi connectivity index (χ2n) is 7.35. The number of thioether (sulfide) groups is 1. The average molecular weight is 496 g/mol. The summed E-state index contributed by atoms with van der Waals surface area (Å²) in [4.78, 5) is 31.1. The van der Waals surface area contributed by atoms with Crippen LogP contribution in [0.25, 0.3) is 16.6 Å². The van der Waals surface area contributed by atoms with Crippen LogP contribution in [0.15, 0.2) is 76.7 Å². The summed E-state index contributed by atoms with van der Waals surface area (Å²) in [5, 5.41) is 3.67. The highest BCUT2D eigenvalue weighted by Gasteiger charge is 2.21. The minimum Gasteiger partial charge on any atom is -0.493 e. The Morgan fingerprint density at radius 2 is 1.79 bits per heavy atom. The predicted octanol–water partition coefficient (Wildman–Crippen LogP) is 5.18. The normalized spacial score (nSPS) is 11.8. The van der Waals surface area contributed by atoms with Crippen LogP contribution in [-0.2, 0) is 4.79 Å². The third-order valence-electron chi connectivity index (χ3n) is 5.11. The topological polar surface area (TPSA) is 82.5 Å². The van der Waals surface area contributed by atoms with Gasteiger partial charge in [-0.25, -0.2) is 4.98 Å². The second kappa shape index (κ2) is 10.2. The summed E-state index contributed by atoms with van der Waals surface area (Å²) in [6.45, 7) is 1.75. The van der Waals surface area contributed by atoms with Crippen LogP contribution in [0.4, 0.5) is 5.69 Å². The van der Waals surface area contributed by atoms with Crippen LogP contribution in [0.2, 0.25) is 5.02 Å².